The van der Waals surface area contributed by atoms with E-state index in [4.69, 9.17) is 0 Å². The van der Waals surface area contributed by atoms with Crippen LogP contribution in [0.4, 0.5) is 0 Å². The number of aliphatic hydroxyl groups excluding tert-OH is 3. The fraction of sp³-hybridized carbons (Fsp3) is 0.400. The number of hydrogen-bond acceptors (Lipinski definition) is 12. The Morgan fingerprint density at radius 2 is 1.50 bits per heavy atom. The maximum Gasteiger partial charge on any atom is 0.327 e. The molecule has 15 heteroatoms. The summed E-state index contributed by atoms with van der Waals surface area (Å²) in [7, 11) is 0. The van der Waals surface area contributed by atoms with Crippen molar-refractivity contribution in [1.29, 1.82) is 0 Å². The highest BCUT2D eigenvalue weighted by Gasteiger charge is 2.39. The average molecular weight is 847 g/mol. The lowest BCUT2D eigenvalue weighted by Gasteiger charge is -2.25. The van der Waals surface area contributed by atoms with Crippen LogP contribution in [0.15, 0.2) is 88.1 Å². The number of phenols is 1. The van der Waals surface area contributed by atoms with Gasteiger partial charge in [0.15, 0.2) is 11.6 Å². The van der Waals surface area contributed by atoms with Gasteiger partial charge in [-0.2, -0.15) is 0 Å². The number of aromatic hydroxyl groups is 1. The highest BCUT2D eigenvalue weighted by Crippen LogP contribution is 2.40. The number of carboxylic acids is 1. The van der Waals surface area contributed by atoms with Crippen LogP contribution in [0.1, 0.15) is 97.9 Å². The van der Waals surface area contributed by atoms with Crippen molar-refractivity contribution in [2.45, 2.75) is 92.6 Å². The zero-order chi connectivity index (χ0) is 45.2. The molecule has 2 heterocycles. The van der Waals surface area contributed by atoms with E-state index in [2.05, 4.69) is 10.6 Å². The molecule has 1 aliphatic carbocycles. The Bertz CT molecular complexity index is 2140. The first-order chi connectivity index (χ1) is 28.1. The number of aliphatic hydroxyl groups is 3. The molecule has 2 aliphatic heterocycles. The molecule has 0 saturated carbocycles. The number of phenolic OH excluding ortho intramolecular Hbond substituents is 1. The average Bonchev–Trinajstić information content (AvgIpc) is 3.19. The Hall–Kier alpha value is -5.48. The summed E-state index contributed by atoms with van der Waals surface area (Å²) < 4.78 is 0. The molecule has 0 radical (unpaired) electrons. The van der Waals surface area contributed by atoms with Crippen molar-refractivity contribution in [3.05, 3.63) is 110 Å². The molecule has 1 aromatic carbocycles. The number of carbonyl (C=O) groups excluding carboxylic acids is 6. The maximum absolute atomic E-state index is 14.5. The van der Waals surface area contributed by atoms with Crippen molar-refractivity contribution in [3.63, 3.8) is 0 Å². The predicted octanol–water partition coefficient (Wildman–Crippen LogP) is 4.77. The van der Waals surface area contributed by atoms with Gasteiger partial charge in [-0.25, -0.2) is 4.79 Å². The second kappa shape index (κ2) is 21.7. The van der Waals surface area contributed by atoms with E-state index in [1.165, 1.54) is 51.1 Å². The second-order valence-electron chi connectivity index (χ2n) is 15.2. The number of benzene rings is 1. The molecule has 0 unspecified atom stereocenters. The number of thioether (sulfide) groups is 1. The molecule has 0 aromatic heterocycles. The van der Waals surface area contributed by atoms with E-state index < -0.39 is 110 Å². The van der Waals surface area contributed by atoms with E-state index in [9.17, 15) is 59.1 Å². The highest BCUT2D eigenvalue weighted by molar-refractivity contribution is 8.04. The molecule has 1 aromatic rings. The van der Waals surface area contributed by atoms with E-state index in [0.29, 0.717) is 17.3 Å². The van der Waals surface area contributed by atoms with Gasteiger partial charge in [0, 0.05) is 53.6 Å². The number of aryl methyl sites for hydroxylation is 1. The third-order valence-corrected chi connectivity index (χ3v) is 11.4. The number of Topliss-reactive ketones (excluding diaryl/α,β-unsaturated/α-hetero) is 4. The largest absolute Gasteiger partial charge is 0.507 e. The summed E-state index contributed by atoms with van der Waals surface area (Å²) in [6.45, 7) is 12.0. The molecule has 7 N–H and O–H groups in total. The summed E-state index contributed by atoms with van der Waals surface area (Å²) >= 11 is 0.561. The predicted molar refractivity (Wildman–Crippen MR) is 227 cm³/mol. The number of hydrogen-bond donors (Lipinski definition) is 7. The fourth-order valence-electron chi connectivity index (χ4n) is 6.35. The van der Waals surface area contributed by atoms with Gasteiger partial charge in [0.2, 0.25) is 17.5 Å². The summed E-state index contributed by atoms with van der Waals surface area (Å²) in [6.07, 6.45) is 10.7. The van der Waals surface area contributed by atoms with Crippen molar-refractivity contribution in [2.24, 2.45) is 17.8 Å². The quantitative estimate of drug-likeness (QED) is 0.198. The number of carboxylic acid groups (broad SMARTS) is 1. The number of ketones is 4. The van der Waals surface area contributed by atoms with Gasteiger partial charge in [0.25, 0.3) is 5.91 Å². The molecule has 7 atom stereocenters. The first-order valence-electron chi connectivity index (χ1n) is 19.4. The number of aliphatic carboxylic acids is 1. The molecule has 4 bridgehead atoms. The van der Waals surface area contributed by atoms with E-state index >= 15 is 0 Å². The van der Waals surface area contributed by atoms with Crippen LogP contribution in [-0.4, -0.2) is 96.6 Å². The Morgan fingerprint density at radius 3 is 2.13 bits per heavy atom. The normalized spacial score (nSPS) is 24.8. The van der Waals surface area contributed by atoms with Crippen LogP contribution in [0, 0.1) is 24.7 Å². The highest BCUT2D eigenvalue weighted by atomic mass is 32.2. The van der Waals surface area contributed by atoms with Crippen LogP contribution in [0.25, 0.3) is 0 Å². The molecular weight excluding hydrogens is 793 g/mol. The van der Waals surface area contributed by atoms with Gasteiger partial charge in [-0.3, -0.25) is 28.8 Å². The number of amides is 2. The third kappa shape index (κ3) is 12.5. The number of fused-ring (bicyclic) bond motifs is 18. The first-order valence-corrected chi connectivity index (χ1v) is 20.4. The molecule has 14 nitrogen and oxygen atoms in total. The van der Waals surface area contributed by atoms with Crippen LogP contribution in [0.2, 0.25) is 0 Å². The number of allylic oxidation sites excluding steroid dienone is 8. The summed E-state index contributed by atoms with van der Waals surface area (Å²) in [6, 6.07) is -0.311. The van der Waals surface area contributed by atoms with Gasteiger partial charge in [-0.1, -0.05) is 75.5 Å². The van der Waals surface area contributed by atoms with Crippen molar-refractivity contribution in [1.82, 2.24) is 10.6 Å². The van der Waals surface area contributed by atoms with Gasteiger partial charge < -0.3 is 36.2 Å². The van der Waals surface area contributed by atoms with E-state index in [0.717, 1.165) is 6.92 Å². The summed E-state index contributed by atoms with van der Waals surface area (Å²) in [5.74, 6) is -8.66. The Morgan fingerprint density at radius 1 is 0.833 bits per heavy atom. The van der Waals surface area contributed by atoms with E-state index in [1.54, 1.807) is 58.1 Å². The van der Waals surface area contributed by atoms with Gasteiger partial charge in [-0.15, -0.1) is 11.8 Å². The SMILES string of the molecule is CC(=O)N[C@@H](CSC1=C2NC(=O)C(C)=CC=CC=C[C@H](C)[C@@H](O)CC(=O)C(C)=CC[C@H](O)C=C[C@H](C)[C@H](O)[C@@H](C)C=C(C)C(=O)c3c(O)c(C)cc(c3C1=O)C2=O)C(=O)O. The van der Waals surface area contributed by atoms with E-state index in [-0.39, 0.29) is 40.9 Å². The monoisotopic (exact) mass is 846 g/mol. The Labute approximate surface area is 353 Å². The minimum absolute atomic E-state index is 0.00686. The van der Waals surface area contributed by atoms with Crippen molar-refractivity contribution < 1.29 is 59.1 Å². The lowest BCUT2D eigenvalue weighted by atomic mass is 9.83. The standard InChI is InChI=1S/C45H54N2O12S/c1-22-12-10-9-11-13-25(4)44(57)47-37-41(55)31-19-28(7)40(54)36(35(31)42(56)43(37)60-21-32(45(58)59)46-29(8)48)39(53)27(6)18-26(5)38(52)24(3)15-17-30(49)16-14-23(2)34(51)20-33(22)50/h9-15,17-19,22,24,26,30,32-33,38,49-50,52,54H,16,20-21H2,1-8H3,(H,46,48)(H,47,57)(H,58,59)/t22-,24-,26-,30-,32-,33-,38-/m0/s1. The van der Waals surface area contributed by atoms with Crippen LogP contribution in [0.5, 0.6) is 5.75 Å². The van der Waals surface area contributed by atoms with Crippen LogP contribution < -0.4 is 10.6 Å². The molecule has 3 aliphatic rings. The zero-order valence-electron chi connectivity index (χ0n) is 34.9. The minimum Gasteiger partial charge on any atom is -0.507 e. The molecule has 0 saturated heterocycles. The van der Waals surface area contributed by atoms with Crippen molar-refractivity contribution >= 4 is 52.7 Å². The minimum atomic E-state index is -1.52. The molecule has 0 fully saturated rings. The molecular formula is C45H54N2O12S. The topological polar surface area (TPSA) is 245 Å². The Balaban J connectivity index is 2.22. The number of nitrogens with one attached hydrogen (secondary N) is 2. The number of carbonyl (C=O) groups is 7. The third-order valence-electron chi connectivity index (χ3n) is 10.2. The smallest absolute Gasteiger partial charge is 0.327 e. The molecule has 0 spiro atoms. The lowest BCUT2D eigenvalue weighted by molar-refractivity contribution is -0.140. The zero-order valence-corrected chi connectivity index (χ0v) is 35.8. The van der Waals surface area contributed by atoms with Gasteiger partial charge in [0.1, 0.15) is 17.5 Å². The first kappa shape index (κ1) is 48.9. The molecule has 60 heavy (non-hydrogen) atoms. The molecule has 2 amide bonds. The number of rotatable bonds is 5. The summed E-state index contributed by atoms with van der Waals surface area (Å²) in [5, 5.41) is 58.2. The van der Waals surface area contributed by atoms with Crippen molar-refractivity contribution in [3.8, 4) is 5.75 Å². The van der Waals surface area contributed by atoms with Crippen molar-refractivity contribution in [2.75, 3.05) is 5.75 Å². The second-order valence-corrected chi connectivity index (χ2v) is 16.2. The van der Waals surface area contributed by atoms with Gasteiger partial charge in [-0.05, 0) is 56.9 Å². The fourth-order valence-corrected chi connectivity index (χ4v) is 7.43. The van der Waals surface area contributed by atoms with Crippen LogP contribution in [0.3, 0.4) is 0 Å². The van der Waals surface area contributed by atoms with Crippen LogP contribution >= 0.6 is 11.8 Å². The molecule has 4 rings (SSSR count). The lowest BCUT2D eigenvalue weighted by Crippen LogP contribution is -2.42. The summed E-state index contributed by atoms with van der Waals surface area (Å²) in [5.41, 5.74) is -1.25. The molecule has 322 valence electrons. The van der Waals surface area contributed by atoms with E-state index in [1.807, 2.05) is 0 Å². The van der Waals surface area contributed by atoms with Gasteiger partial charge in [0.05, 0.1) is 28.8 Å². The summed E-state index contributed by atoms with van der Waals surface area (Å²) in [4.78, 5) is 92.7. The Kier molecular flexibility index (Phi) is 17.7. The van der Waals surface area contributed by atoms with Crippen LogP contribution in [-0.2, 0) is 19.2 Å². The van der Waals surface area contributed by atoms with Gasteiger partial charge >= 0.3 is 5.97 Å². The maximum atomic E-state index is 14.5.